The van der Waals surface area contributed by atoms with Crippen LogP contribution < -0.4 is 4.90 Å². The van der Waals surface area contributed by atoms with Gasteiger partial charge >= 0.3 is 0 Å². The number of aliphatic hydroxyl groups excluding tert-OH is 1. The molecule has 2 aromatic rings. The van der Waals surface area contributed by atoms with Crippen molar-refractivity contribution in [3.05, 3.63) is 59.7 Å². The number of benzene rings is 2. The van der Waals surface area contributed by atoms with Crippen LogP contribution in [0.25, 0.3) is 0 Å². The Balaban J connectivity index is 2.22. The summed E-state index contributed by atoms with van der Waals surface area (Å²) < 4.78 is 0. The first-order valence-electron chi connectivity index (χ1n) is 5.86. The zero-order valence-electron chi connectivity index (χ0n) is 9.80. The highest BCUT2D eigenvalue weighted by Crippen LogP contribution is 2.38. The van der Waals surface area contributed by atoms with E-state index in [-0.39, 0.29) is 0 Å². The molecule has 86 valence electrons. The second-order valence-corrected chi connectivity index (χ2v) is 4.47. The lowest BCUT2D eigenvalue weighted by Gasteiger charge is -2.21. The Kier molecular flexibility index (Phi) is 2.37. The summed E-state index contributed by atoms with van der Waals surface area (Å²) in [5, 5.41) is 10.3. The van der Waals surface area contributed by atoms with E-state index in [2.05, 4.69) is 30.1 Å². The average Bonchev–Trinajstić information content (AvgIpc) is 2.48. The first-order valence-corrected chi connectivity index (χ1v) is 5.86. The van der Waals surface area contributed by atoms with Crippen molar-refractivity contribution in [1.29, 1.82) is 0 Å². The van der Waals surface area contributed by atoms with Crippen LogP contribution in [0.2, 0.25) is 0 Å². The standard InChI is InChI=1S/C15H15NO/c1-16-13-8-4-2-6-11(13)10-15(17)12-7-3-5-9-14(12)16/h2-9,15,17H,10H2,1H3/t15-/m1/s1. The molecule has 0 saturated carbocycles. The van der Waals surface area contributed by atoms with Crippen LogP contribution in [0.4, 0.5) is 11.4 Å². The highest BCUT2D eigenvalue weighted by Gasteiger charge is 2.22. The van der Waals surface area contributed by atoms with Gasteiger partial charge in [-0.05, 0) is 17.7 Å². The average molecular weight is 225 g/mol. The van der Waals surface area contributed by atoms with E-state index in [9.17, 15) is 5.11 Å². The molecule has 1 N–H and O–H groups in total. The molecule has 0 aliphatic carbocycles. The fraction of sp³-hybridized carbons (Fsp3) is 0.200. The van der Waals surface area contributed by atoms with Crippen molar-refractivity contribution in [2.45, 2.75) is 12.5 Å². The Labute approximate surface area is 101 Å². The quantitative estimate of drug-likeness (QED) is 0.745. The highest BCUT2D eigenvalue weighted by atomic mass is 16.3. The number of fused-ring (bicyclic) bond motifs is 2. The maximum atomic E-state index is 10.3. The molecule has 0 fully saturated rings. The van der Waals surface area contributed by atoms with Crippen LogP contribution in [-0.4, -0.2) is 12.2 Å². The van der Waals surface area contributed by atoms with Crippen LogP contribution in [0.1, 0.15) is 17.2 Å². The van der Waals surface area contributed by atoms with Crippen molar-refractivity contribution in [2.75, 3.05) is 11.9 Å². The molecule has 1 atom stereocenters. The van der Waals surface area contributed by atoms with Crippen molar-refractivity contribution in [1.82, 2.24) is 0 Å². The maximum absolute atomic E-state index is 10.3. The fourth-order valence-electron chi connectivity index (χ4n) is 2.53. The molecule has 1 heterocycles. The predicted molar refractivity (Wildman–Crippen MR) is 69.6 cm³/mol. The molecule has 1 aliphatic heterocycles. The number of rotatable bonds is 0. The molecule has 0 bridgehead atoms. The molecule has 2 heteroatoms. The Morgan fingerprint density at radius 3 is 2.47 bits per heavy atom. The Bertz CT molecular complexity index is 550. The Morgan fingerprint density at radius 2 is 1.65 bits per heavy atom. The van der Waals surface area contributed by atoms with Crippen molar-refractivity contribution < 1.29 is 5.11 Å². The molecule has 1 aliphatic rings. The molecule has 0 spiro atoms. The molecule has 0 saturated heterocycles. The number of para-hydroxylation sites is 2. The molecule has 2 nitrogen and oxygen atoms in total. The number of aliphatic hydroxyl groups is 1. The largest absolute Gasteiger partial charge is 0.388 e. The molecule has 0 aromatic heterocycles. The van der Waals surface area contributed by atoms with Crippen molar-refractivity contribution >= 4 is 11.4 Å². The van der Waals surface area contributed by atoms with Gasteiger partial charge in [0.25, 0.3) is 0 Å². The predicted octanol–water partition coefficient (Wildman–Crippen LogP) is 3.04. The minimum absolute atomic E-state index is 0.419. The number of anilines is 2. The van der Waals surface area contributed by atoms with E-state index >= 15 is 0 Å². The molecular formula is C15H15NO. The number of hydrogen-bond acceptors (Lipinski definition) is 2. The topological polar surface area (TPSA) is 23.5 Å². The molecule has 0 amide bonds. The summed E-state index contributed by atoms with van der Waals surface area (Å²) in [5.41, 5.74) is 4.46. The van der Waals surface area contributed by atoms with Crippen LogP contribution in [0.3, 0.4) is 0 Å². The summed E-state index contributed by atoms with van der Waals surface area (Å²) in [5.74, 6) is 0. The van der Waals surface area contributed by atoms with E-state index in [0.29, 0.717) is 6.42 Å². The summed E-state index contributed by atoms with van der Waals surface area (Å²) in [6, 6.07) is 16.3. The van der Waals surface area contributed by atoms with Gasteiger partial charge in [0, 0.05) is 30.4 Å². The van der Waals surface area contributed by atoms with Crippen LogP contribution >= 0.6 is 0 Å². The lowest BCUT2D eigenvalue weighted by molar-refractivity contribution is 0.180. The Hall–Kier alpha value is -1.80. The van der Waals surface area contributed by atoms with Crippen molar-refractivity contribution in [3.8, 4) is 0 Å². The summed E-state index contributed by atoms with van der Waals surface area (Å²) in [6.45, 7) is 0. The molecular weight excluding hydrogens is 210 g/mol. The van der Waals surface area contributed by atoms with E-state index in [1.165, 1.54) is 11.3 Å². The highest BCUT2D eigenvalue weighted by molar-refractivity contribution is 5.70. The first-order chi connectivity index (χ1) is 8.27. The molecule has 3 rings (SSSR count). The third kappa shape index (κ3) is 1.61. The van der Waals surface area contributed by atoms with E-state index in [1.54, 1.807) is 0 Å². The third-order valence-corrected chi connectivity index (χ3v) is 3.42. The van der Waals surface area contributed by atoms with Crippen LogP contribution in [0.15, 0.2) is 48.5 Å². The minimum Gasteiger partial charge on any atom is -0.388 e. The summed E-state index contributed by atoms with van der Waals surface area (Å²) in [4.78, 5) is 2.15. The van der Waals surface area contributed by atoms with Gasteiger partial charge in [0.1, 0.15) is 0 Å². The van der Waals surface area contributed by atoms with Gasteiger partial charge in [0.2, 0.25) is 0 Å². The lowest BCUT2D eigenvalue weighted by atomic mass is 10.0. The van der Waals surface area contributed by atoms with E-state index < -0.39 is 6.10 Å². The molecule has 0 radical (unpaired) electrons. The zero-order valence-corrected chi connectivity index (χ0v) is 9.80. The van der Waals surface area contributed by atoms with Crippen molar-refractivity contribution in [2.24, 2.45) is 0 Å². The summed E-state index contributed by atoms with van der Waals surface area (Å²) in [7, 11) is 2.05. The SMILES string of the molecule is CN1c2ccccc2C[C@@H](O)c2ccccc21. The number of nitrogens with zero attached hydrogens (tertiary/aromatic N) is 1. The van der Waals surface area contributed by atoms with Gasteiger partial charge in [-0.15, -0.1) is 0 Å². The first kappa shape index (κ1) is 10.4. The Morgan fingerprint density at radius 1 is 1.00 bits per heavy atom. The van der Waals surface area contributed by atoms with Gasteiger partial charge in [0.05, 0.1) is 6.10 Å². The maximum Gasteiger partial charge on any atom is 0.0851 e. The smallest absolute Gasteiger partial charge is 0.0851 e. The van der Waals surface area contributed by atoms with Gasteiger partial charge in [-0.3, -0.25) is 0 Å². The second-order valence-electron chi connectivity index (χ2n) is 4.47. The minimum atomic E-state index is -0.419. The van der Waals surface area contributed by atoms with Crippen LogP contribution in [0, 0.1) is 0 Å². The molecule has 2 aromatic carbocycles. The molecule has 17 heavy (non-hydrogen) atoms. The van der Waals surface area contributed by atoms with Gasteiger partial charge in [0.15, 0.2) is 0 Å². The van der Waals surface area contributed by atoms with Crippen molar-refractivity contribution in [3.63, 3.8) is 0 Å². The lowest BCUT2D eigenvalue weighted by Crippen LogP contribution is -2.11. The van der Waals surface area contributed by atoms with Crippen LogP contribution in [0.5, 0.6) is 0 Å². The van der Waals surface area contributed by atoms with E-state index in [1.807, 2.05) is 30.3 Å². The van der Waals surface area contributed by atoms with Gasteiger partial charge in [-0.25, -0.2) is 0 Å². The normalized spacial score (nSPS) is 18.2. The summed E-state index contributed by atoms with van der Waals surface area (Å²) in [6.07, 6.45) is 0.259. The summed E-state index contributed by atoms with van der Waals surface area (Å²) >= 11 is 0. The van der Waals surface area contributed by atoms with Gasteiger partial charge in [-0.2, -0.15) is 0 Å². The van der Waals surface area contributed by atoms with Crippen LogP contribution in [-0.2, 0) is 6.42 Å². The third-order valence-electron chi connectivity index (χ3n) is 3.42. The van der Waals surface area contributed by atoms with Gasteiger partial charge in [-0.1, -0.05) is 36.4 Å². The second kappa shape index (κ2) is 3.90. The molecule has 0 unspecified atom stereocenters. The van der Waals surface area contributed by atoms with E-state index in [4.69, 9.17) is 0 Å². The zero-order chi connectivity index (χ0) is 11.8. The fourth-order valence-corrected chi connectivity index (χ4v) is 2.53. The number of hydrogen-bond donors (Lipinski definition) is 1. The van der Waals surface area contributed by atoms with E-state index in [0.717, 1.165) is 11.3 Å². The monoisotopic (exact) mass is 225 g/mol. The van der Waals surface area contributed by atoms with Gasteiger partial charge < -0.3 is 10.0 Å².